The molecule has 4 aromatic rings. The number of aromatic nitrogens is 2. The van der Waals surface area contributed by atoms with Crippen molar-refractivity contribution in [3.05, 3.63) is 101 Å². The molecule has 0 aliphatic carbocycles. The van der Waals surface area contributed by atoms with E-state index in [0.717, 1.165) is 21.7 Å². The van der Waals surface area contributed by atoms with E-state index in [1.54, 1.807) is 41.7 Å². The first-order valence-electron chi connectivity index (χ1n) is 10.7. The molecule has 0 aliphatic heterocycles. The lowest BCUT2D eigenvalue weighted by Crippen LogP contribution is -2.43. The van der Waals surface area contributed by atoms with Gasteiger partial charge in [-0.2, -0.15) is 10.4 Å². The molecular formula is C26H21N5O3S. The number of nitrogens with one attached hydrogen (secondary N) is 2. The van der Waals surface area contributed by atoms with Crippen LogP contribution >= 0.6 is 11.3 Å². The van der Waals surface area contributed by atoms with Crippen LogP contribution in [0.1, 0.15) is 16.7 Å². The van der Waals surface area contributed by atoms with E-state index >= 15 is 0 Å². The van der Waals surface area contributed by atoms with Crippen LogP contribution in [0.4, 0.5) is 0 Å². The number of nitrogens with zero attached hydrogens (tertiary/aromatic N) is 3. The smallest absolute Gasteiger partial charge is 0.276 e. The minimum atomic E-state index is -0.522. The zero-order valence-electron chi connectivity index (χ0n) is 18.5. The van der Waals surface area contributed by atoms with Crippen LogP contribution < -0.4 is 15.6 Å². The maximum Gasteiger partial charge on any atom is 0.276 e. The molecule has 2 aromatic heterocycles. The van der Waals surface area contributed by atoms with Crippen LogP contribution in [-0.4, -0.2) is 28.2 Å². The summed E-state index contributed by atoms with van der Waals surface area (Å²) in [5.41, 5.74) is 7.82. The predicted octanol–water partition coefficient (Wildman–Crippen LogP) is 3.77. The van der Waals surface area contributed by atoms with E-state index in [1.165, 1.54) is 6.08 Å². The fourth-order valence-corrected chi connectivity index (χ4v) is 3.90. The van der Waals surface area contributed by atoms with Crippen LogP contribution in [0, 0.1) is 11.3 Å². The van der Waals surface area contributed by atoms with Gasteiger partial charge < -0.3 is 4.74 Å². The van der Waals surface area contributed by atoms with Crippen molar-refractivity contribution in [3.8, 4) is 22.4 Å². The molecule has 0 radical (unpaired) electrons. The molecule has 2 aromatic carbocycles. The van der Waals surface area contributed by atoms with E-state index in [-0.39, 0.29) is 6.61 Å². The topological polar surface area (TPSA) is 109 Å². The normalized spacial score (nSPS) is 10.6. The summed E-state index contributed by atoms with van der Waals surface area (Å²) in [6.45, 7) is 0.319. The first kappa shape index (κ1) is 23.5. The molecule has 0 spiro atoms. The van der Waals surface area contributed by atoms with E-state index in [2.05, 4.69) is 10.9 Å². The maximum absolute atomic E-state index is 12.3. The zero-order valence-corrected chi connectivity index (χ0v) is 19.4. The Morgan fingerprint density at radius 2 is 1.86 bits per heavy atom. The van der Waals surface area contributed by atoms with Gasteiger partial charge in [0.1, 0.15) is 11.4 Å². The summed E-state index contributed by atoms with van der Waals surface area (Å²) in [6.07, 6.45) is 4.89. The number of benzene rings is 2. The van der Waals surface area contributed by atoms with E-state index in [4.69, 9.17) is 15.1 Å². The molecule has 2 heterocycles. The van der Waals surface area contributed by atoms with E-state index < -0.39 is 11.8 Å². The van der Waals surface area contributed by atoms with Gasteiger partial charge in [0.2, 0.25) is 0 Å². The van der Waals surface area contributed by atoms with Crippen molar-refractivity contribution in [1.82, 2.24) is 20.6 Å². The number of thiophene rings is 1. The highest BCUT2D eigenvalue weighted by atomic mass is 32.1. The fraction of sp³-hybridized carbons (Fsp3) is 0.0769. The predicted molar refractivity (Wildman–Crippen MR) is 133 cm³/mol. The highest BCUT2D eigenvalue weighted by molar-refractivity contribution is 7.13. The van der Waals surface area contributed by atoms with Crippen molar-refractivity contribution in [2.75, 3.05) is 6.61 Å². The van der Waals surface area contributed by atoms with Gasteiger partial charge >= 0.3 is 0 Å². The molecule has 2 N–H and O–H groups in total. The van der Waals surface area contributed by atoms with Crippen LogP contribution in [0.5, 0.6) is 5.75 Å². The number of amides is 2. The van der Waals surface area contributed by atoms with Crippen molar-refractivity contribution < 1.29 is 14.3 Å². The van der Waals surface area contributed by atoms with Gasteiger partial charge in [-0.15, -0.1) is 11.3 Å². The van der Waals surface area contributed by atoms with Crippen molar-refractivity contribution in [1.29, 1.82) is 5.26 Å². The lowest BCUT2D eigenvalue weighted by molar-refractivity contribution is -0.128. The van der Waals surface area contributed by atoms with Gasteiger partial charge in [0.05, 0.1) is 23.1 Å². The number of carbonyl (C=O) groups excluding carboxylic acids is 2. The Morgan fingerprint density at radius 3 is 2.57 bits per heavy atom. The van der Waals surface area contributed by atoms with E-state index in [1.807, 2.05) is 64.8 Å². The number of carbonyl (C=O) groups is 2. The number of hydrogen-bond donors (Lipinski definition) is 2. The van der Waals surface area contributed by atoms with Crippen molar-refractivity contribution in [2.45, 2.75) is 6.54 Å². The number of nitriles is 1. The van der Waals surface area contributed by atoms with E-state index in [9.17, 15) is 9.59 Å². The monoisotopic (exact) mass is 483 g/mol. The molecule has 0 fully saturated rings. The molecule has 0 unspecified atom stereocenters. The third-order valence-corrected chi connectivity index (χ3v) is 5.70. The lowest BCUT2D eigenvalue weighted by Gasteiger charge is -2.07. The quantitative estimate of drug-likeness (QED) is 0.293. The van der Waals surface area contributed by atoms with Crippen molar-refractivity contribution >= 4 is 29.2 Å². The summed E-state index contributed by atoms with van der Waals surface area (Å²) in [7, 11) is 0. The van der Waals surface area contributed by atoms with E-state index in [0.29, 0.717) is 17.9 Å². The summed E-state index contributed by atoms with van der Waals surface area (Å²) in [5.74, 6) is -0.574. The Kier molecular flexibility index (Phi) is 7.68. The van der Waals surface area contributed by atoms with Crippen LogP contribution in [0.2, 0.25) is 0 Å². The minimum Gasteiger partial charge on any atom is -0.484 e. The third kappa shape index (κ3) is 6.66. The number of rotatable bonds is 8. The van der Waals surface area contributed by atoms with Crippen molar-refractivity contribution in [2.24, 2.45) is 0 Å². The SMILES string of the molecule is N#Cc1ccc(OCC(=O)NNC(=O)/C=C/c2cn(Cc3ccccc3)nc2-c2cccs2)cc1. The highest BCUT2D eigenvalue weighted by Crippen LogP contribution is 2.27. The average Bonchev–Trinajstić information content (AvgIpc) is 3.56. The summed E-state index contributed by atoms with van der Waals surface area (Å²) in [5, 5.41) is 15.5. The molecular weight excluding hydrogens is 462 g/mol. The summed E-state index contributed by atoms with van der Waals surface area (Å²) < 4.78 is 7.17. The van der Waals surface area contributed by atoms with Gasteiger partial charge in [0.25, 0.3) is 11.8 Å². The molecule has 2 amide bonds. The largest absolute Gasteiger partial charge is 0.484 e. The summed E-state index contributed by atoms with van der Waals surface area (Å²) >= 11 is 1.57. The van der Waals surface area contributed by atoms with Gasteiger partial charge in [0, 0.05) is 17.8 Å². The Bertz CT molecular complexity index is 1350. The molecule has 0 saturated carbocycles. The van der Waals surface area contributed by atoms with Crippen LogP contribution in [-0.2, 0) is 16.1 Å². The number of ether oxygens (including phenoxy) is 1. The molecule has 9 heteroatoms. The Morgan fingerprint density at radius 1 is 1.06 bits per heavy atom. The molecule has 8 nitrogen and oxygen atoms in total. The Balaban J connectivity index is 1.34. The van der Waals surface area contributed by atoms with Crippen molar-refractivity contribution in [3.63, 3.8) is 0 Å². The first-order chi connectivity index (χ1) is 17.1. The van der Waals surface area contributed by atoms with Crippen LogP contribution in [0.15, 0.2) is 84.4 Å². The third-order valence-electron chi connectivity index (χ3n) is 4.82. The standard InChI is InChI=1S/C26H21N5O3S/c27-15-19-8-11-22(12-9-19)34-18-25(33)29-28-24(32)13-10-21-17-31(16-20-5-2-1-3-6-20)30-26(21)23-7-4-14-35-23/h1-14,17H,16,18H2,(H,28,32)(H,29,33)/b13-10+. The minimum absolute atomic E-state index is 0.287. The fourth-order valence-electron chi connectivity index (χ4n) is 3.16. The zero-order chi connectivity index (χ0) is 24.5. The molecule has 0 atom stereocenters. The first-order valence-corrected chi connectivity index (χ1v) is 11.5. The highest BCUT2D eigenvalue weighted by Gasteiger charge is 2.11. The van der Waals surface area contributed by atoms with Crippen LogP contribution in [0.25, 0.3) is 16.6 Å². The second kappa shape index (κ2) is 11.4. The van der Waals surface area contributed by atoms with Gasteiger partial charge in [0.15, 0.2) is 6.61 Å². The maximum atomic E-state index is 12.3. The summed E-state index contributed by atoms with van der Waals surface area (Å²) in [6, 6.07) is 22.3. The Labute approximate surface area is 206 Å². The molecule has 0 saturated heterocycles. The average molecular weight is 484 g/mol. The lowest BCUT2D eigenvalue weighted by atomic mass is 10.2. The summed E-state index contributed by atoms with van der Waals surface area (Å²) in [4.78, 5) is 25.2. The van der Waals surface area contributed by atoms with Crippen LogP contribution in [0.3, 0.4) is 0 Å². The molecule has 0 aliphatic rings. The van der Waals surface area contributed by atoms with Gasteiger partial charge in [-0.25, -0.2) is 0 Å². The molecule has 4 rings (SSSR count). The number of hydrazine groups is 1. The second-order valence-electron chi connectivity index (χ2n) is 7.39. The van der Waals surface area contributed by atoms with Gasteiger partial charge in [-0.1, -0.05) is 36.4 Å². The molecule has 0 bridgehead atoms. The second-order valence-corrected chi connectivity index (χ2v) is 8.34. The molecule has 35 heavy (non-hydrogen) atoms. The van der Waals surface area contributed by atoms with Gasteiger partial charge in [-0.3, -0.25) is 25.1 Å². The number of hydrogen-bond acceptors (Lipinski definition) is 6. The van der Waals surface area contributed by atoms with Gasteiger partial charge in [-0.05, 0) is 47.4 Å². The Hall–Kier alpha value is -4.68. The molecule has 174 valence electrons.